The summed E-state index contributed by atoms with van der Waals surface area (Å²) in [6.45, 7) is 0. The van der Waals surface area contributed by atoms with E-state index in [9.17, 15) is 8.78 Å². The van der Waals surface area contributed by atoms with Gasteiger partial charge in [0.15, 0.2) is 17.3 Å². The summed E-state index contributed by atoms with van der Waals surface area (Å²) in [4.78, 5) is 11.3. The second kappa shape index (κ2) is 4.44. The number of nitrogens with one attached hydrogen (secondary N) is 1. The number of aromatic amines is 1. The molecule has 2 aromatic heterocycles. The minimum absolute atomic E-state index is 0.0714. The van der Waals surface area contributed by atoms with Crippen LogP contribution in [-0.2, 0) is 0 Å². The second-order valence-electron chi connectivity index (χ2n) is 4.53. The van der Waals surface area contributed by atoms with Crippen LogP contribution >= 0.6 is 23.2 Å². The Morgan fingerprint density at radius 3 is 2.55 bits per heavy atom. The van der Waals surface area contributed by atoms with Gasteiger partial charge >= 0.3 is 6.29 Å². The van der Waals surface area contributed by atoms with E-state index in [-0.39, 0.29) is 16.7 Å². The molecule has 0 atom stereocenters. The van der Waals surface area contributed by atoms with E-state index < -0.39 is 6.29 Å². The van der Waals surface area contributed by atoms with Crippen LogP contribution in [0.2, 0.25) is 10.2 Å². The number of ether oxygens (including phenoxy) is 2. The van der Waals surface area contributed by atoms with Crippen LogP contribution in [0.15, 0.2) is 24.3 Å². The average Bonchev–Trinajstić information content (AvgIpc) is 2.96. The van der Waals surface area contributed by atoms with Gasteiger partial charge in [-0.15, -0.1) is 8.78 Å². The molecule has 1 aromatic carbocycles. The molecule has 0 fully saturated rings. The molecule has 5 nitrogen and oxygen atoms in total. The first-order valence-corrected chi connectivity index (χ1v) is 6.79. The molecule has 0 saturated carbocycles. The third-order valence-corrected chi connectivity index (χ3v) is 3.56. The topological polar surface area (TPSA) is 60.0 Å². The van der Waals surface area contributed by atoms with Crippen LogP contribution in [0.25, 0.3) is 22.6 Å². The minimum Gasteiger partial charge on any atom is -0.395 e. The van der Waals surface area contributed by atoms with Gasteiger partial charge in [0.25, 0.3) is 0 Å². The number of rotatable bonds is 1. The van der Waals surface area contributed by atoms with E-state index >= 15 is 0 Å². The molecule has 0 amide bonds. The summed E-state index contributed by atoms with van der Waals surface area (Å²) < 4.78 is 34.8. The standard InChI is InChI=1S/C13H5Cl2F2N3O2/c14-5-1-2-10(15)20-11(5)12-18-6-3-8-9(4-7(6)19-12)22-13(16,17)21-8/h1-4H,(H,18,19). The van der Waals surface area contributed by atoms with E-state index in [4.69, 9.17) is 23.2 Å². The Bertz CT molecular complexity index is 869. The number of hydrogen-bond acceptors (Lipinski definition) is 4. The van der Waals surface area contributed by atoms with Gasteiger partial charge in [-0.2, -0.15) is 0 Å². The maximum atomic E-state index is 13.0. The van der Waals surface area contributed by atoms with Crippen LogP contribution in [-0.4, -0.2) is 21.2 Å². The highest BCUT2D eigenvalue weighted by Crippen LogP contribution is 2.43. The zero-order chi connectivity index (χ0) is 15.5. The van der Waals surface area contributed by atoms with E-state index in [0.717, 1.165) is 0 Å². The summed E-state index contributed by atoms with van der Waals surface area (Å²) in [7, 11) is 0. The highest BCUT2D eigenvalue weighted by Gasteiger charge is 2.43. The lowest BCUT2D eigenvalue weighted by Crippen LogP contribution is -2.25. The highest BCUT2D eigenvalue weighted by molar-refractivity contribution is 6.34. The van der Waals surface area contributed by atoms with Crippen LogP contribution in [0.4, 0.5) is 8.78 Å². The predicted molar refractivity (Wildman–Crippen MR) is 75.5 cm³/mol. The summed E-state index contributed by atoms with van der Waals surface area (Å²) in [5, 5.41) is 0.615. The molecule has 1 aliphatic heterocycles. The molecular weight excluding hydrogens is 339 g/mol. The fourth-order valence-electron chi connectivity index (χ4n) is 2.15. The Kier molecular flexibility index (Phi) is 2.73. The van der Waals surface area contributed by atoms with Crippen LogP contribution in [0.5, 0.6) is 11.5 Å². The van der Waals surface area contributed by atoms with E-state index in [1.54, 1.807) is 12.1 Å². The number of halogens is 4. The predicted octanol–water partition coefficient (Wildman–Crippen LogP) is 4.25. The van der Waals surface area contributed by atoms with Crippen LogP contribution < -0.4 is 9.47 Å². The summed E-state index contributed by atoms with van der Waals surface area (Å²) in [6, 6.07) is 5.87. The lowest BCUT2D eigenvalue weighted by atomic mass is 10.3. The van der Waals surface area contributed by atoms with Gasteiger partial charge < -0.3 is 14.5 Å². The van der Waals surface area contributed by atoms with Crippen molar-refractivity contribution in [3.05, 3.63) is 34.4 Å². The summed E-state index contributed by atoms with van der Waals surface area (Å²) in [5.41, 5.74) is 1.25. The number of aromatic nitrogens is 3. The van der Waals surface area contributed by atoms with Gasteiger partial charge in [0, 0.05) is 12.1 Å². The van der Waals surface area contributed by atoms with E-state index in [0.29, 0.717) is 27.6 Å². The molecule has 22 heavy (non-hydrogen) atoms. The number of pyridine rings is 1. The maximum absolute atomic E-state index is 13.0. The molecule has 0 bridgehead atoms. The van der Waals surface area contributed by atoms with Gasteiger partial charge in [-0.25, -0.2) is 9.97 Å². The molecular formula is C13H5Cl2F2N3O2. The largest absolute Gasteiger partial charge is 0.586 e. The third-order valence-electron chi connectivity index (χ3n) is 3.04. The molecule has 9 heteroatoms. The monoisotopic (exact) mass is 343 g/mol. The lowest BCUT2D eigenvalue weighted by Gasteiger charge is -2.04. The van der Waals surface area contributed by atoms with Gasteiger partial charge in [-0.05, 0) is 12.1 Å². The Morgan fingerprint density at radius 1 is 1.05 bits per heavy atom. The fraction of sp³-hybridized carbons (Fsp3) is 0.0769. The smallest absolute Gasteiger partial charge is 0.395 e. The molecule has 112 valence electrons. The van der Waals surface area contributed by atoms with Gasteiger partial charge in [0.1, 0.15) is 10.8 Å². The zero-order valence-corrected chi connectivity index (χ0v) is 12.0. The molecule has 3 heterocycles. The summed E-state index contributed by atoms with van der Waals surface area (Å²) in [6.07, 6.45) is -3.66. The first kappa shape index (κ1) is 13.5. The van der Waals surface area contributed by atoms with Crippen molar-refractivity contribution in [2.75, 3.05) is 0 Å². The molecule has 0 saturated heterocycles. The Hall–Kier alpha value is -2.12. The number of imidazole rings is 1. The van der Waals surface area contributed by atoms with Crippen molar-refractivity contribution < 1.29 is 18.3 Å². The van der Waals surface area contributed by atoms with Crippen molar-refractivity contribution >= 4 is 34.2 Å². The Labute approximate surface area is 131 Å². The van der Waals surface area contributed by atoms with Crippen molar-refractivity contribution in [3.8, 4) is 23.0 Å². The first-order valence-electron chi connectivity index (χ1n) is 6.03. The SMILES string of the molecule is FC1(F)Oc2cc3nc(-c4nc(Cl)ccc4Cl)[nH]c3cc2O1. The molecule has 4 rings (SSSR count). The number of fused-ring (bicyclic) bond motifs is 2. The van der Waals surface area contributed by atoms with E-state index in [1.165, 1.54) is 12.1 Å². The Morgan fingerprint density at radius 2 is 1.77 bits per heavy atom. The second-order valence-corrected chi connectivity index (χ2v) is 5.33. The number of benzene rings is 1. The van der Waals surface area contributed by atoms with Crippen molar-refractivity contribution in [3.63, 3.8) is 0 Å². The van der Waals surface area contributed by atoms with E-state index in [2.05, 4.69) is 24.4 Å². The number of H-pyrrole nitrogens is 1. The zero-order valence-electron chi connectivity index (χ0n) is 10.5. The number of alkyl halides is 2. The summed E-state index contributed by atoms with van der Waals surface area (Å²) >= 11 is 11.9. The molecule has 0 aliphatic carbocycles. The minimum atomic E-state index is -3.66. The fourth-order valence-corrected chi connectivity index (χ4v) is 2.49. The van der Waals surface area contributed by atoms with E-state index in [1.807, 2.05) is 0 Å². The van der Waals surface area contributed by atoms with Gasteiger partial charge in [-0.1, -0.05) is 23.2 Å². The third kappa shape index (κ3) is 2.13. The summed E-state index contributed by atoms with van der Waals surface area (Å²) in [5.74, 6) is 0.205. The quantitative estimate of drug-likeness (QED) is 0.671. The average molecular weight is 344 g/mol. The number of hydrogen-bond donors (Lipinski definition) is 1. The molecule has 0 unspecified atom stereocenters. The molecule has 1 aliphatic rings. The van der Waals surface area contributed by atoms with Crippen molar-refractivity contribution in [1.29, 1.82) is 0 Å². The van der Waals surface area contributed by atoms with Crippen LogP contribution in [0, 0.1) is 0 Å². The molecule has 1 N–H and O–H groups in total. The van der Waals surface area contributed by atoms with Gasteiger partial charge in [0.2, 0.25) is 0 Å². The number of nitrogens with zero attached hydrogens (tertiary/aromatic N) is 2. The van der Waals surface area contributed by atoms with Gasteiger partial charge in [-0.3, -0.25) is 0 Å². The lowest BCUT2D eigenvalue weighted by molar-refractivity contribution is -0.286. The maximum Gasteiger partial charge on any atom is 0.586 e. The Balaban J connectivity index is 1.85. The first-order chi connectivity index (χ1) is 10.4. The normalized spacial score (nSPS) is 15.5. The van der Waals surface area contributed by atoms with Crippen molar-refractivity contribution in [2.45, 2.75) is 6.29 Å². The molecule has 0 radical (unpaired) electrons. The van der Waals surface area contributed by atoms with Crippen LogP contribution in [0.1, 0.15) is 0 Å². The van der Waals surface area contributed by atoms with Crippen LogP contribution in [0.3, 0.4) is 0 Å². The van der Waals surface area contributed by atoms with Crippen molar-refractivity contribution in [1.82, 2.24) is 15.0 Å². The molecule has 3 aromatic rings. The molecule has 0 spiro atoms. The van der Waals surface area contributed by atoms with Gasteiger partial charge in [0.05, 0.1) is 16.1 Å². The van der Waals surface area contributed by atoms with Crippen molar-refractivity contribution in [2.24, 2.45) is 0 Å². The highest BCUT2D eigenvalue weighted by atomic mass is 35.5.